The molecule has 0 fully saturated rings. The van der Waals surface area contributed by atoms with Gasteiger partial charge in [0.2, 0.25) is 0 Å². The Morgan fingerprint density at radius 2 is 1.64 bits per heavy atom. The Bertz CT molecular complexity index is 1390. The van der Waals surface area contributed by atoms with Crippen molar-refractivity contribution < 1.29 is 9.21 Å². The van der Waals surface area contributed by atoms with Crippen molar-refractivity contribution in [1.82, 2.24) is 4.90 Å². The lowest BCUT2D eigenvalue weighted by molar-refractivity contribution is 0.0828. The second-order valence-electron chi connectivity index (χ2n) is 8.59. The van der Waals surface area contributed by atoms with Crippen LogP contribution in [0.5, 0.6) is 0 Å². The fraction of sp³-hybridized carbons (Fsp3) is 0.214. The first-order chi connectivity index (χ1) is 15.8. The van der Waals surface area contributed by atoms with Crippen LogP contribution in [0.3, 0.4) is 0 Å². The smallest absolute Gasteiger partial charge is 0.255 e. The number of fused-ring (bicyclic) bond motifs is 1. The van der Waals surface area contributed by atoms with Crippen LogP contribution >= 0.6 is 0 Å². The highest BCUT2D eigenvalue weighted by atomic mass is 16.3. The molecule has 33 heavy (non-hydrogen) atoms. The largest absolute Gasteiger partial charge is 0.455 e. The molecule has 168 valence electrons. The molecule has 0 saturated carbocycles. The normalized spacial score (nSPS) is 11.9. The van der Waals surface area contributed by atoms with Crippen LogP contribution in [0, 0.1) is 13.8 Å². The summed E-state index contributed by atoms with van der Waals surface area (Å²) in [5.41, 5.74) is 5.15. The third-order valence-electron chi connectivity index (χ3n) is 5.83. The van der Waals surface area contributed by atoms with Gasteiger partial charge in [-0.3, -0.25) is 9.59 Å². The number of amides is 1. The monoisotopic (exact) mass is 440 g/mol. The van der Waals surface area contributed by atoms with Crippen molar-refractivity contribution in [3.05, 3.63) is 99.2 Å². The van der Waals surface area contributed by atoms with Crippen LogP contribution in [0.1, 0.15) is 40.0 Å². The SMILES string of the molecule is Cc1cc([C@@H](C)Nc2ccccc2C(=O)N(C)C)c2oc(-c3ccccc3)c(C)c(=O)c2c1. The maximum atomic E-state index is 13.3. The zero-order valence-corrected chi connectivity index (χ0v) is 19.6. The molecule has 5 heteroatoms. The minimum atomic E-state index is -0.210. The molecule has 0 bridgehead atoms. The molecule has 3 aromatic carbocycles. The van der Waals surface area contributed by atoms with Crippen molar-refractivity contribution in [3.8, 4) is 11.3 Å². The maximum Gasteiger partial charge on any atom is 0.255 e. The van der Waals surface area contributed by atoms with Gasteiger partial charge in [-0.15, -0.1) is 0 Å². The molecule has 1 amide bonds. The van der Waals surface area contributed by atoms with E-state index in [1.54, 1.807) is 25.9 Å². The average molecular weight is 441 g/mol. The third kappa shape index (κ3) is 4.27. The second kappa shape index (κ2) is 8.94. The third-order valence-corrected chi connectivity index (χ3v) is 5.83. The van der Waals surface area contributed by atoms with E-state index in [2.05, 4.69) is 5.32 Å². The molecule has 4 aromatic rings. The first-order valence-electron chi connectivity index (χ1n) is 11.0. The number of carbonyl (C=O) groups is 1. The van der Waals surface area contributed by atoms with E-state index in [0.29, 0.717) is 27.9 Å². The maximum absolute atomic E-state index is 13.3. The summed E-state index contributed by atoms with van der Waals surface area (Å²) in [6.45, 7) is 5.78. The summed E-state index contributed by atoms with van der Waals surface area (Å²) < 4.78 is 6.41. The molecule has 0 saturated heterocycles. The van der Waals surface area contributed by atoms with Crippen molar-refractivity contribution in [1.29, 1.82) is 0 Å². The number of nitrogens with zero attached hydrogens (tertiary/aromatic N) is 1. The quantitative estimate of drug-likeness (QED) is 0.416. The van der Waals surface area contributed by atoms with E-state index < -0.39 is 0 Å². The zero-order chi connectivity index (χ0) is 23.7. The predicted molar refractivity (Wildman–Crippen MR) is 134 cm³/mol. The number of aryl methyl sites for hydroxylation is 1. The number of hydrogen-bond acceptors (Lipinski definition) is 4. The van der Waals surface area contributed by atoms with Crippen LogP contribution in [0.25, 0.3) is 22.3 Å². The van der Waals surface area contributed by atoms with Crippen LogP contribution in [0.2, 0.25) is 0 Å². The molecule has 1 atom stereocenters. The summed E-state index contributed by atoms with van der Waals surface area (Å²) in [5.74, 6) is 0.501. The summed E-state index contributed by atoms with van der Waals surface area (Å²) in [4.78, 5) is 27.5. The molecular weight excluding hydrogens is 412 g/mol. The van der Waals surface area contributed by atoms with Gasteiger partial charge in [0.1, 0.15) is 11.3 Å². The Morgan fingerprint density at radius 3 is 2.33 bits per heavy atom. The van der Waals surface area contributed by atoms with E-state index in [1.807, 2.05) is 80.6 Å². The highest BCUT2D eigenvalue weighted by Crippen LogP contribution is 2.32. The van der Waals surface area contributed by atoms with Gasteiger partial charge in [0, 0.05) is 36.5 Å². The number of carbonyl (C=O) groups excluding carboxylic acids is 1. The van der Waals surface area contributed by atoms with Crippen LogP contribution in [-0.2, 0) is 0 Å². The number of nitrogens with one attached hydrogen (secondary N) is 1. The van der Waals surface area contributed by atoms with Gasteiger partial charge in [0.15, 0.2) is 5.43 Å². The highest BCUT2D eigenvalue weighted by molar-refractivity contribution is 5.99. The molecule has 4 rings (SSSR count). The van der Waals surface area contributed by atoms with Gasteiger partial charge in [0.25, 0.3) is 5.91 Å². The van der Waals surface area contributed by atoms with Gasteiger partial charge < -0.3 is 14.6 Å². The lowest BCUT2D eigenvalue weighted by Crippen LogP contribution is -2.23. The van der Waals surface area contributed by atoms with Gasteiger partial charge in [0.05, 0.1) is 17.0 Å². The van der Waals surface area contributed by atoms with Crippen LogP contribution < -0.4 is 10.7 Å². The average Bonchev–Trinajstić information content (AvgIpc) is 2.81. The summed E-state index contributed by atoms with van der Waals surface area (Å²) >= 11 is 0. The fourth-order valence-corrected chi connectivity index (χ4v) is 4.10. The molecule has 5 nitrogen and oxygen atoms in total. The van der Waals surface area contributed by atoms with Gasteiger partial charge in [-0.25, -0.2) is 0 Å². The van der Waals surface area contributed by atoms with E-state index in [9.17, 15) is 9.59 Å². The highest BCUT2D eigenvalue weighted by Gasteiger charge is 2.20. The van der Waals surface area contributed by atoms with Crippen molar-refractivity contribution in [2.75, 3.05) is 19.4 Å². The van der Waals surface area contributed by atoms with E-state index in [-0.39, 0.29) is 17.4 Å². The number of rotatable bonds is 5. The molecule has 1 N–H and O–H groups in total. The Morgan fingerprint density at radius 1 is 0.970 bits per heavy atom. The molecule has 0 aliphatic heterocycles. The van der Waals surface area contributed by atoms with Crippen molar-refractivity contribution in [2.45, 2.75) is 26.8 Å². The lowest BCUT2D eigenvalue weighted by atomic mass is 9.98. The Kier molecular flexibility index (Phi) is 6.05. The Labute approximate surface area is 193 Å². The standard InChI is InChI=1S/C28H28N2O3/c1-17-15-22(19(3)29-24-14-10-9-13-21(24)28(32)30(4)5)27-23(16-17)25(31)18(2)26(33-27)20-11-7-6-8-12-20/h6-16,19,29H,1-5H3/t19-/m1/s1. The van der Waals surface area contributed by atoms with Crippen molar-refractivity contribution in [3.63, 3.8) is 0 Å². The predicted octanol–water partition coefficient (Wildman–Crippen LogP) is 5.95. The molecule has 0 spiro atoms. The zero-order valence-electron chi connectivity index (χ0n) is 19.6. The van der Waals surface area contributed by atoms with E-state index in [0.717, 1.165) is 22.4 Å². The first kappa shape index (κ1) is 22.3. The minimum Gasteiger partial charge on any atom is -0.455 e. The number of benzene rings is 3. The minimum absolute atomic E-state index is 0.0320. The molecule has 0 unspecified atom stereocenters. The Balaban J connectivity index is 1.86. The molecule has 1 aromatic heterocycles. The number of hydrogen-bond donors (Lipinski definition) is 1. The van der Waals surface area contributed by atoms with Crippen LogP contribution in [-0.4, -0.2) is 24.9 Å². The lowest BCUT2D eigenvalue weighted by Gasteiger charge is -2.21. The molecule has 1 heterocycles. The first-order valence-corrected chi connectivity index (χ1v) is 11.0. The topological polar surface area (TPSA) is 62.6 Å². The fourth-order valence-electron chi connectivity index (χ4n) is 4.10. The van der Waals surface area contributed by atoms with Crippen LogP contribution in [0.4, 0.5) is 5.69 Å². The van der Waals surface area contributed by atoms with Crippen molar-refractivity contribution >= 4 is 22.6 Å². The van der Waals surface area contributed by atoms with E-state index >= 15 is 0 Å². The van der Waals surface area contributed by atoms with Gasteiger partial charge >= 0.3 is 0 Å². The van der Waals surface area contributed by atoms with E-state index in [1.165, 1.54) is 0 Å². The van der Waals surface area contributed by atoms with Gasteiger partial charge in [-0.05, 0) is 44.5 Å². The summed E-state index contributed by atoms with van der Waals surface area (Å²) in [6, 6.07) is 20.8. The molecule has 0 aliphatic carbocycles. The van der Waals surface area contributed by atoms with Gasteiger partial charge in [-0.2, -0.15) is 0 Å². The van der Waals surface area contributed by atoms with Crippen LogP contribution in [0.15, 0.2) is 75.9 Å². The van der Waals surface area contributed by atoms with Crippen molar-refractivity contribution in [2.24, 2.45) is 0 Å². The molecule has 0 aliphatic rings. The number of para-hydroxylation sites is 1. The Hall–Kier alpha value is -3.86. The summed E-state index contributed by atoms with van der Waals surface area (Å²) in [5, 5.41) is 4.03. The number of anilines is 1. The molecular formula is C28H28N2O3. The molecule has 0 radical (unpaired) electrons. The summed E-state index contributed by atoms with van der Waals surface area (Å²) in [7, 11) is 3.47. The van der Waals surface area contributed by atoms with E-state index in [4.69, 9.17) is 4.42 Å². The second-order valence-corrected chi connectivity index (χ2v) is 8.59. The van der Waals surface area contributed by atoms with Gasteiger partial charge in [-0.1, -0.05) is 48.5 Å². The summed E-state index contributed by atoms with van der Waals surface area (Å²) in [6.07, 6.45) is 0.